The van der Waals surface area contributed by atoms with Crippen LogP contribution in [0.25, 0.3) is 0 Å². The Hall–Kier alpha value is -1.32. The molecular weight excluding hydrogens is 246 g/mol. The van der Waals surface area contributed by atoms with E-state index < -0.39 is 0 Å². The highest BCUT2D eigenvalue weighted by molar-refractivity contribution is 6.30. The smallest absolute Gasteiger partial charge is 0.0534 e. The molecule has 0 atom stereocenters. The second kappa shape index (κ2) is 6.03. The van der Waals surface area contributed by atoms with E-state index in [-0.39, 0.29) is 0 Å². The fourth-order valence-electron chi connectivity index (χ4n) is 1.93. The Labute approximate surface area is 113 Å². The Morgan fingerprint density at radius 2 is 1.83 bits per heavy atom. The van der Waals surface area contributed by atoms with Crippen molar-refractivity contribution in [1.82, 2.24) is 14.7 Å². The molecule has 0 radical (unpaired) electrons. The van der Waals surface area contributed by atoms with Gasteiger partial charge < -0.3 is 0 Å². The molecule has 0 unspecified atom stereocenters. The number of benzene rings is 1. The average Bonchev–Trinajstić information content (AvgIpc) is 2.79. The highest BCUT2D eigenvalue weighted by Crippen LogP contribution is 2.12. The molecule has 1 aromatic heterocycles. The molecule has 2 aromatic rings. The van der Waals surface area contributed by atoms with Crippen LogP contribution in [0.4, 0.5) is 0 Å². The number of aromatic nitrogens is 2. The number of hydrogen-bond donors (Lipinski definition) is 0. The predicted molar refractivity (Wildman–Crippen MR) is 74.5 cm³/mol. The molecule has 0 bridgehead atoms. The molecule has 96 valence electrons. The van der Waals surface area contributed by atoms with Gasteiger partial charge in [0, 0.05) is 36.4 Å². The summed E-state index contributed by atoms with van der Waals surface area (Å²) >= 11 is 5.87. The highest BCUT2D eigenvalue weighted by Gasteiger charge is 2.04. The summed E-state index contributed by atoms with van der Waals surface area (Å²) in [7, 11) is 2.11. The number of nitrogens with zero attached hydrogens (tertiary/aromatic N) is 3. The molecule has 2 rings (SSSR count). The van der Waals surface area contributed by atoms with Gasteiger partial charge in [-0.3, -0.25) is 9.58 Å². The van der Waals surface area contributed by atoms with Crippen LogP contribution in [0.5, 0.6) is 0 Å². The summed E-state index contributed by atoms with van der Waals surface area (Å²) < 4.78 is 1.95. The van der Waals surface area contributed by atoms with Gasteiger partial charge in [0.15, 0.2) is 0 Å². The van der Waals surface area contributed by atoms with E-state index in [0.29, 0.717) is 0 Å². The van der Waals surface area contributed by atoms with Gasteiger partial charge in [0.1, 0.15) is 0 Å². The van der Waals surface area contributed by atoms with Crippen LogP contribution < -0.4 is 0 Å². The van der Waals surface area contributed by atoms with Crippen LogP contribution in [-0.2, 0) is 19.6 Å². The Balaban J connectivity index is 1.91. The lowest BCUT2D eigenvalue weighted by Gasteiger charge is -2.15. The van der Waals surface area contributed by atoms with Crippen molar-refractivity contribution in [2.75, 3.05) is 7.05 Å². The maximum absolute atomic E-state index is 5.87. The highest BCUT2D eigenvalue weighted by atomic mass is 35.5. The van der Waals surface area contributed by atoms with Gasteiger partial charge in [-0.15, -0.1) is 0 Å². The summed E-state index contributed by atoms with van der Waals surface area (Å²) in [5.41, 5.74) is 2.51. The van der Waals surface area contributed by atoms with E-state index in [9.17, 15) is 0 Å². The van der Waals surface area contributed by atoms with Crippen molar-refractivity contribution < 1.29 is 0 Å². The lowest BCUT2D eigenvalue weighted by molar-refractivity contribution is 0.319. The van der Waals surface area contributed by atoms with Gasteiger partial charge in [-0.25, -0.2) is 0 Å². The number of aryl methyl sites for hydroxylation is 1. The fourth-order valence-corrected chi connectivity index (χ4v) is 2.06. The van der Waals surface area contributed by atoms with Crippen molar-refractivity contribution in [3.8, 4) is 0 Å². The molecule has 0 aliphatic rings. The van der Waals surface area contributed by atoms with Crippen molar-refractivity contribution in [3.63, 3.8) is 0 Å². The molecule has 0 aliphatic carbocycles. The van der Waals surface area contributed by atoms with Crippen LogP contribution in [0.15, 0.2) is 36.7 Å². The van der Waals surface area contributed by atoms with Crippen molar-refractivity contribution in [1.29, 1.82) is 0 Å². The maximum Gasteiger partial charge on any atom is 0.0534 e. The number of halogens is 1. The van der Waals surface area contributed by atoms with Gasteiger partial charge in [-0.1, -0.05) is 23.7 Å². The van der Waals surface area contributed by atoms with Gasteiger partial charge in [-0.05, 0) is 31.7 Å². The summed E-state index contributed by atoms with van der Waals surface area (Å²) in [5.74, 6) is 0. The predicted octanol–water partition coefficient (Wildman–Crippen LogP) is 3.19. The summed E-state index contributed by atoms with van der Waals surface area (Å²) in [6.45, 7) is 4.83. The second-order valence-electron chi connectivity index (χ2n) is 4.50. The molecule has 0 fully saturated rings. The maximum atomic E-state index is 5.87. The summed E-state index contributed by atoms with van der Waals surface area (Å²) in [5, 5.41) is 5.06. The topological polar surface area (TPSA) is 21.1 Å². The first-order valence-corrected chi connectivity index (χ1v) is 6.49. The molecule has 3 nitrogen and oxygen atoms in total. The summed E-state index contributed by atoms with van der Waals surface area (Å²) in [6.07, 6.45) is 4.03. The quantitative estimate of drug-likeness (QED) is 0.826. The van der Waals surface area contributed by atoms with E-state index in [2.05, 4.69) is 42.3 Å². The second-order valence-corrected chi connectivity index (χ2v) is 4.94. The van der Waals surface area contributed by atoms with Crippen LogP contribution >= 0.6 is 11.6 Å². The fraction of sp³-hybridized carbons (Fsp3) is 0.357. The minimum atomic E-state index is 0.783. The molecule has 4 heteroatoms. The molecule has 0 saturated carbocycles. The largest absolute Gasteiger partial charge is 0.298 e. The molecular formula is C14H18ClN3. The van der Waals surface area contributed by atoms with E-state index in [1.807, 2.05) is 23.0 Å². The van der Waals surface area contributed by atoms with E-state index >= 15 is 0 Å². The molecule has 1 aromatic carbocycles. The molecule has 0 spiro atoms. The zero-order valence-electron chi connectivity index (χ0n) is 10.8. The third-order valence-electron chi connectivity index (χ3n) is 2.83. The van der Waals surface area contributed by atoms with E-state index in [4.69, 9.17) is 11.6 Å². The Kier molecular flexibility index (Phi) is 4.39. The minimum absolute atomic E-state index is 0.783. The van der Waals surface area contributed by atoms with E-state index in [0.717, 1.165) is 24.7 Å². The van der Waals surface area contributed by atoms with Gasteiger partial charge >= 0.3 is 0 Å². The zero-order chi connectivity index (χ0) is 13.0. The van der Waals surface area contributed by atoms with Gasteiger partial charge in [0.2, 0.25) is 0 Å². The van der Waals surface area contributed by atoms with Gasteiger partial charge in [-0.2, -0.15) is 5.10 Å². The first-order chi connectivity index (χ1) is 8.67. The summed E-state index contributed by atoms with van der Waals surface area (Å²) in [4.78, 5) is 2.26. The SMILES string of the molecule is CCn1cc(CN(C)Cc2ccc(Cl)cc2)cn1. The van der Waals surface area contributed by atoms with Crippen molar-refractivity contribution in [2.24, 2.45) is 0 Å². The normalized spacial score (nSPS) is 11.1. The monoisotopic (exact) mass is 263 g/mol. The van der Waals surface area contributed by atoms with Crippen LogP contribution in [0.2, 0.25) is 5.02 Å². The molecule has 18 heavy (non-hydrogen) atoms. The van der Waals surface area contributed by atoms with Gasteiger partial charge in [0.05, 0.1) is 6.20 Å². The lowest BCUT2D eigenvalue weighted by Crippen LogP contribution is -2.16. The molecule has 0 saturated heterocycles. The summed E-state index contributed by atoms with van der Waals surface area (Å²) in [6, 6.07) is 7.99. The van der Waals surface area contributed by atoms with Crippen LogP contribution in [-0.4, -0.2) is 21.7 Å². The standard InChI is InChI=1S/C14H18ClN3/c1-3-18-11-13(8-16-18)10-17(2)9-12-4-6-14(15)7-5-12/h4-8,11H,3,9-10H2,1-2H3. The van der Waals surface area contributed by atoms with Crippen molar-refractivity contribution in [3.05, 3.63) is 52.8 Å². The Morgan fingerprint density at radius 3 is 2.44 bits per heavy atom. The molecule has 0 N–H and O–H groups in total. The van der Waals surface area contributed by atoms with Crippen LogP contribution in [0.1, 0.15) is 18.1 Å². The molecule has 1 heterocycles. The third-order valence-corrected chi connectivity index (χ3v) is 3.08. The molecule has 0 aliphatic heterocycles. The molecule has 0 amide bonds. The van der Waals surface area contributed by atoms with Crippen LogP contribution in [0.3, 0.4) is 0 Å². The van der Waals surface area contributed by atoms with Crippen molar-refractivity contribution >= 4 is 11.6 Å². The van der Waals surface area contributed by atoms with Crippen LogP contribution in [0, 0.1) is 0 Å². The Morgan fingerprint density at radius 1 is 1.17 bits per heavy atom. The first kappa shape index (κ1) is 13.1. The average molecular weight is 264 g/mol. The van der Waals surface area contributed by atoms with Gasteiger partial charge in [0.25, 0.3) is 0 Å². The Bertz CT molecular complexity index is 490. The lowest BCUT2D eigenvalue weighted by atomic mass is 10.2. The number of hydrogen-bond acceptors (Lipinski definition) is 2. The first-order valence-electron chi connectivity index (χ1n) is 6.11. The van der Waals surface area contributed by atoms with E-state index in [1.54, 1.807) is 0 Å². The zero-order valence-corrected chi connectivity index (χ0v) is 11.6. The number of rotatable bonds is 5. The third kappa shape index (κ3) is 3.59. The minimum Gasteiger partial charge on any atom is -0.298 e. The van der Waals surface area contributed by atoms with Crippen molar-refractivity contribution in [2.45, 2.75) is 26.6 Å². The van der Waals surface area contributed by atoms with E-state index in [1.165, 1.54) is 11.1 Å².